The molecule has 0 bridgehead atoms. The van der Waals surface area contributed by atoms with Gasteiger partial charge in [0, 0.05) is 13.5 Å². The van der Waals surface area contributed by atoms with Gasteiger partial charge >= 0.3 is 0 Å². The second-order valence-corrected chi connectivity index (χ2v) is 6.31. The molecule has 0 N–H and O–H groups in total. The molecule has 16 heavy (non-hydrogen) atoms. The zero-order valence-corrected chi connectivity index (χ0v) is 9.99. The first-order valence-electron chi connectivity index (χ1n) is 5.04. The van der Waals surface area contributed by atoms with Crippen LogP contribution in [-0.4, -0.2) is 26.6 Å². The van der Waals surface area contributed by atoms with Crippen LogP contribution >= 0.6 is 0 Å². The van der Waals surface area contributed by atoms with Gasteiger partial charge in [-0.05, 0) is 19.1 Å². The van der Waals surface area contributed by atoms with Gasteiger partial charge in [0.15, 0.2) is 9.84 Å². The van der Waals surface area contributed by atoms with E-state index in [4.69, 9.17) is 0 Å². The van der Waals surface area contributed by atoms with Gasteiger partial charge in [0.1, 0.15) is 0 Å². The normalized spacial score (nSPS) is 23.8. The number of hydrogen-bond acceptors (Lipinski definition) is 3. The largest absolute Gasteiger partial charge is 0.314 e. The highest BCUT2D eigenvalue weighted by molar-refractivity contribution is 7.92. The van der Waals surface area contributed by atoms with E-state index in [1.165, 1.54) is 4.90 Å². The number of hydrogen-bond donors (Lipinski definition) is 0. The van der Waals surface area contributed by atoms with Gasteiger partial charge < -0.3 is 4.90 Å². The van der Waals surface area contributed by atoms with Crippen molar-refractivity contribution in [1.82, 2.24) is 0 Å². The molecule has 1 heterocycles. The van der Waals surface area contributed by atoms with Crippen LogP contribution in [-0.2, 0) is 14.6 Å². The highest BCUT2D eigenvalue weighted by Gasteiger charge is 2.34. The Balaban J connectivity index is 2.74. The molecule has 0 aliphatic carbocycles. The molecule has 4 nitrogen and oxygen atoms in total. The maximum Gasteiger partial charge on any atom is 0.228 e. The van der Waals surface area contributed by atoms with E-state index in [-0.39, 0.29) is 17.2 Å². The summed E-state index contributed by atoms with van der Waals surface area (Å²) in [6.45, 7) is 1.57. The fourth-order valence-electron chi connectivity index (χ4n) is 1.82. The maximum atomic E-state index is 12.1. The Labute approximate surface area is 94.8 Å². The Morgan fingerprint density at radius 2 is 1.94 bits per heavy atom. The van der Waals surface area contributed by atoms with Gasteiger partial charge in [-0.15, -0.1) is 0 Å². The van der Waals surface area contributed by atoms with Crippen LogP contribution in [0, 0.1) is 0 Å². The molecule has 0 unspecified atom stereocenters. The van der Waals surface area contributed by atoms with Gasteiger partial charge in [-0.2, -0.15) is 0 Å². The molecule has 1 aromatic rings. The first-order chi connectivity index (χ1) is 7.44. The van der Waals surface area contributed by atoms with Crippen LogP contribution in [0.1, 0.15) is 13.3 Å². The lowest BCUT2D eigenvalue weighted by atomic mass is 10.2. The van der Waals surface area contributed by atoms with Crippen molar-refractivity contribution >= 4 is 21.4 Å². The van der Waals surface area contributed by atoms with Gasteiger partial charge in [0.2, 0.25) is 5.91 Å². The van der Waals surface area contributed by atoms with Crippen molar-refractivity contribution < 1.29 is 13.2 Å². The third-order valence-corrected chi connectivity index (χ3v) is 5.08. The summed E-state index contributed by atoms with van der Waals surface area (Å²) in [7, 11) is -1.78. The van der Waals surface area contributed by atoms with Crippen molar-refractivity contribution in [3.8, 4) is 0 Å². The third kappa shape index (κ3) is 1.51. The number of fused-ring (bicyclic) bond motifs is 1. The summed E-state index contributed by atoms with van der Waals surface area (Å²) in [6, 6.07) is 6.61. The summed E-state index contributed by atoms with van der Waals surface area (Å²) in [5, 5.41) is -0.661. The molecule has 1 amide bonds. The van der Waals surface area contributed by atoms with Crippen LogP contribution in [0.5, 0.6) is 0 Å². The van der Waals surface area contributed by atoms with Gasteiger partial charge in [0.05, 0.1) is 15.8 Å². The fourth-order valence-corrected chi connectivity index (χ4v) is 3.38. The predicted octanol–water partition coefficient (Wildman–Crippen LogP) is 1.22. The topological polar surface area (TPSA) is 54.5 Å². The maximum absolute atomic E-state index is 12.1. The Morgan fingerprint density at radius 1 is 1.31 bits per heavy atom. The molecule has 0 radical (unpaired) electrons. The van der Waals surface area contributed by atoms with Crippen LogP contribution < -0.4 is 4.90 Å². The molecule has 2 rings (SSSR count). The molecule has 0 saturated carbocycles. The molecule has 0 spiro atoms. The molecule has 5 heteroatoms. The summed E-state index contributed by atoms with van der Waals surface area (Å²) in [5.41, 5.74) is 0.469. The lowest BCUT2D eigenvalue weighted by Crippen LogP contribution is -2.27. The SMILES string of the molecule is C[C@H]1CC(=O)N(C)c2ccccc2S1(=O)=O. The lowest BCUT2D eigenvalue weighted by molar-refractivity contribution is -0.118. The second-order valence-electron chi connectivity index (χ2n) is 3.98. The molecular formula is C11H13NO3S. The molecule has 1 aromatic carbocycles. The number of para-hydroxylation sites is 1. The molecule has 0 fully saturated rings. The van der Waals surface area contributed by atoms with Crippen molar-refractivity contribution in [2.24, 2.45) is 0 Å². The van der Waals surface area contributed by atoms with Crippen LogP contribution in [0.4, 0.5) is 5.69 Å². The lowest BCUT2D eigenvalue weighted by Gasteiger charge is -2.15. The second kappa shape index (κ2) is 3.59. The van der Waals surface area contributed by atoms with Crippen molar-refractivity contribution in [3.63, 3.8) is 0 Å². The molecule has 1 aliphatic rings. The summed E-state index contributed by atoms with van der Waals surface area (Å²) >= 11 is 0. The summed E-state index contributed by atoms with van der Waals surface area (Å²) in [4.78, 5) is 13.4. The van der Waals surface area contributed by atoms with E-state index in [1.807, 2.05) is 0 Å². The van der Waals surface area contributed by atoms with E-state index in [2.05, 4.69) is 0 Å². The average molecular weight is 239 g/mol. The standard InChI is InChI=1S/C11H13NO3S/c1-8-7-11(13)12(2)9-5-3-4-6-10(9)16(8,14)15/h3-6,8H,7H2,1-2H3/t8-/m0/s1. The molecular weight excluding hydrogens is 226 g/mol. The average Bonchev–Trinajstić information content (AvgIpc) is 2.32. The van der Waals surface area contributed by atoms with Gasteiger partial charge in [-0.25, -0.2) is 8.42 Å². The number of amides is 1. The third-order valence-electron chi connectivity index (χ3n) is 2.90. The van der Waals surface area contributed by atoms with E-state index in [0.29, 0.717) is 5.69 Å². The van der Waals surface area contributed by atoms with E-state index in [0.717, 1.165) is 0 Å². The number of carbonyl (C=O) groups excluding carboxylic acids is 1. The molecule has 0 aromatic heterocycles. The van der Waals surface area contributed by atoms with E-state index < -0.39 is 15.1 Å². The quantitative estimate of drug-likeness (QED) is 0.684. The number of nitrogens with zero attached hydrogens (tertiary/aromatic N) is 1. The molecule has 1 atom stereocenters. The number of sulfone groups is 1. The minimum absolute atomic E-state index is 0.0352. The Bertz CT molecular complexity index is 536. The summed E-state index contributed by atoms with van der Waals surface area (Å²) < 4.78 is 24.3. The Morgan fingerprint density at radius 3 is 2.62 bits per heavy atom. The molecule has 86 valence electrons. The zero-order valence-electron chi connectivity index (χ0n) is 9.17. The minimum atomic E-state index is -3.39. The van der Waals surface area contributed by atoms with Crippen LogP contribution in [0.3, 0.4) is 0 Å². The smallest absolute Gasteiger partial charge is 0.228 e. The Kier molecular flexibility index (Phi) is 2.50. The van der Waals surface area contributed by atoms with Crippen LogP contribution in [0.2, 0.25) is 0 Å². The molecule has 1 aliphatic heterocycles. The van der Waals surface area contributed by atoms with Gasteiger partial charge in [0.25, 0.3) is 0 Å². The zero-order chi connectivity index (χ0) is 11.9. The first kappa shape index (κ1) is 11.1. The number of carbonyl (C=O) groups is 1. The van der Waals surface area contributed by atoms with Crippen molar-refractivity contribution in [2.75, 3.05) is 11.9 Å². The first-order valence-corrected chi connectivity index (χ1v) is 6.58. The fraction of sp³-hybridized carbons (Fsp3) is 0.364. The van der Waals surface area contributed by atoms with Gasteiger partial charge in [-0.3, -0.25) is 4.79 Å². The molecule has 0 saturated heterocycles. The summed E-state index contributed by atoms with van der Waals surface area (Å²) in [6.07, 6.45) is 0.0352. The van der Waals surface area contributed by atoms with Crippen LogP contribution in [0.15, 0.2) is 29.2 Å². The van der Waals surface area contributed by atoms with Gasteiger partial charge in [-0.1, -0.05) is 12.1 Å². The highest BCUT2D eigenvalue weighted by Crippen LogP contribution is 2.32. The van der Waals surface area contributed by atoms with E-state index >= 15 is 0 Å². The summed E-state index contributed by atoms with van der Waals surface area (Å²) in [5.74, 6) is -0.166. The number of benzene rings is 1. The highest BCUT2D eigenvalue weighted by atomic mass is 32.2. The van der Waals surface area contributed by atoms with Crippen molar-refractivity contribution in [1.29, 1.82) is 0 Å². The number of rotatable bonds is 0. The minimum Gasteiger partial charge on any atom is -0.314 e. The number of anilines is 1. The monoisotopic (exact) mass is 239 g/mol. The predicted molar refractivity (Wildman–Crippen MR) is 61.1 cm³/mol. The van der Waals surface area contributed by atoms with E-state index in [1.54, 1.807) is 38.2 Å². The van der Waals surface area contributed by atoms with Crippen LogP contribution in [0.25, 0.3) is 0 Å². The van der Waals surface area contributed by atoms with Crippen molar-refractivity contribution in [3.05, 3.63) is 24.3 Å². The van der Waals surface area contributed by atoms with Crippen molar-refractivity contribution in [2.45, 2.75) is 23.5 Å². The Hall–Kier alpha value is -1.36. The van der Waals surface area contributed by atoms with E-state index in [9.17, 15) is 13.2 Å².